The summed E-state index contributed by atoms with van der Waals surface area (Å²) in [5.74, 6) is 1.00. The third kappa shape index (κ3) is 2.80. The summed E-state index contributed by atoms with van der Waals surface area (Å²) in [6.07, 6.45) is 2.36. The van der Waals surface area contributed by atoms with E-state index >= 15 is 0 Å². The van der Waals surface area contributed by atoms with Crippen molar-refractivity contribution in [3.05, 3.63) is 71.4 Å². The molecule has 0 bridgehead atoms. The van der Waals surface area contributed by atoms with Gasteiger partial charge in [-0.15, -0.1) is 0 Å². The number of aryl methyl sites for hydroxylation is 2. The van der Waals surface area contributed by atoms with E-state index < -0.39 is 0 Å². The minimum absolute atomic E-state index is 0.0230. The minimum Gasteiger partial charge on any atom is -0.352 e. The molecule has 1 atom stereocenters. The molecule has 1 N–H and O–H groups in total. The molecule has 5 heteroatoms. The maximum Gasteiger partial charge on any atom is 0.166 e. The standard InChI is InChI=1S/C26H27N5/c1-17-10-12-19(13-11-17)23-21-16-30-15-7-14-26(30,3)28-24(21)27-25-22(23)18(2)29-31(25)20-8-5-4-6-9-20/h4-6,8-13H,7,14-16H2,1-3H3,(H,27,28). The Labute approximate surface area is 182 Å². The van der Waals surface area contributed by atoms with Crippen molar-refractivity contribution in [1.82, 2.24) is 19.7 Å². The van der Waals surface area contributed by atoms with Crippen LogP contribution in [0.2, 0.25) is 0 Å². The van der Waals surface area contributed by atoms with Crippen molar-refractivity contribution in [2.45, 2.75) is 45.8 Å². The van der Waals surface area contributed by atoms with Crippen LogP contribution in [0.1, 0.15) is 36.6 Å². The normalized spacial score (nSPS) is 20.5. The number of pyridine rings is 1. The van der Waals surface area contributed by atoms with Gasteiger partial charge in [-0.05, 0) is 51.3 Å². The summed E-state index contributed by atoms with van der Waals surface area (Å²) in [5.41, 5.74) is 7.99. The monoisotopic (exact) mass is 409 g/mol. The first kappa shape index (κ1) is 18.6. The van der Waals surface area contributed by atoms with Crippen LogP contribution in [-0.2, 0) is 6.54 Å². The zero-order valence-corrected chi connectivity index (χ0v) is 18.3. The molecule has 4 heterocycles. The van der Waals surface area contributed by atoms with Crippen LogP contribution in [0.5, 0.6) is 0 Å². The lowest BCUT2D eigenvalue weighted by Gasteiger charge is -2.42. The molecule has 0 radical (unpaired) electrons. The highest BCUT2D eigenvalue weighted by Gasteiger charge is 2.42. The maximum atomic E-state index is 5.18. The summed E-state index contributed by atoms with van der Waals surface area (Å²) in [4.78, 5) is 7.75. The number of aromatic nitrogens is 3. The highest BCUT2D eigenvalue weighted by molar-refractivity contribution is 5.99. The molecule has 1 unspecified atom stereocenters. The van der Waals surface area contributed by atoms with Gasteiger partial charge in [0.1, 0.15) is 5.82 Å². The lowest BCUT2D eigenvalue weighted by atomic mass is 9.93. The van der Waals surface area contributed by atoms with Crippen LogP contribution in [0.25, 0.3) is 27.8 Å². The van der Waals surface area contributed by atoms with Gasteiger partial charge in [-0.25, -0.2) is 9.67 Å². The van der Waals surface area contributed by atoms with Crippen LogP contribution >= 0.6 is 0 Å². The SMILES string of the molecule is Cc1ccc(-c2c3c(nc4c2c(C)nn4-c2ccccc2)NC2(C)CCCN2C3)cc1. The fraction of sp³-hybridized carbons (Fsp3) is 0.308. The van der Waals surface area contributed by atoms with E-state index in [1.54, 1.807) is 0 Å². The lowest BCUT2D eigenvalue weighted by molar-refractivity contribution is 0.165. The Morgan fingerprint density at radius 2 is 1.77 bits per heavy atom. The number of nitrogens with one attached hydrogen (secondary N) is 1. The molecule has 0 saturated carbocycles. The number of fused-ring (bicyclic) bond motifs is 3. The number of hydrogen-bond donors (Lipinski definition) is 1. The van der Waals surface area contributed by atoms with E-state index in [0.29, 0.717) is 0 Å². The Bertz CT molecular complexity index is 1290. The van der Waals surface area contributed by atoms with E-state index in [1.165, 1.54) is 28.7 Å². The van der Waals surface area contributed by atoms with Gasteiger partial charge in [-0.3, -0.25) is 4.90 Å². The molecule has 5 nitrogen and oxygen atoms in total. The second kappa shape index (κ2) is 6.66. The minimum atomic E-state index is -0.0230. The molecule has 1 saturated heterocycles. The van der Waals surface area contributed by atoms with Crippen molar-refractivity contribution in [2.75, 3.05) is 11.9 Å². The average Bonchev–Trinajstić information content (AvgIpc) is 3.31. The number of benzene rings is 2. The molecule has 2 aromatic carbocycles. The molecule has 0 spiro atoms. The molecular formula is C26H27N5. The average molecular weight is 410 g/mol. The summed E-state index contributed by atoms with van der Waals surface area (Å²) in [5, 5.41) is 9.90. The molecule has 2 aliphatic heterocycles. The van der Waals surface area contributed by atoms with E-state index in [-0.39, 0.29) is 5.66 Å². The van der Waals surface area contributed by atoms with Gasteiger partial charge in [-0.2, -0.15) is 5.10 Å². The summed E-state index contributed by atoms with van der Waals surface area (Å²) in [6, 6.07) is 19.2. The highest BCUT2D eigenvalue weighted by atomic mass is 15.4. The Kier molecular flexibility index (Phi) is 3.99. The van der Waals surface area contributed by atoms with Crippen LogP contribution in [0, 0.1) is 13.8 Å². The predicted octanol–water partition coefficient (Wildman–Crippen LogP) is 5.44. The van der Waals surface area contributed by atoms with E-state index in [4.69, 9.17) is 10.1 Å². The van der Waals surface area contributed by atoms with Crippen LogP contribution < -0.4 is 5.32 Å². The first-order valence-corrected chi connectivity index (χ1v) is 11.1. The van der Waals surface area contributed by atoms with Crippen LogP contribution in [0.3, 0.4) is 0 Å². The first-order valence-electron chi connectivity index (χ1n) is 11.1. The zero-order valence-electron chi connectivity index (χ0n) is 18.3. The van der Waals surface area contributed by atoms with Gasteiger partial charge in [0.2, 0.25) is 0 Å². The van der Waals surface area contributed by atoms with Gasteiger partial charge >= 0.3 is 0 Å². The zero-order chi connectivity index (χ0) is 21.2. The van der Waals surface area contributed by atoms with Crippen molar-refractivity contribution >= 4 is 16.9 Å². The van der Waals surface area contributed by atoms with E-state index in [9.17, 15) is 0 Å². The number of hydrogen-bond acceptors (Lipinski definition) is 4. The van der Waals surface area contributed by atoms with Crippen LogP contribution in [0.15, 0.2) is 54.6 Å². The summed E-state index contributed by atoms with van der Waals surface area (Å²) >= 11 is 0. The van der Waals surface area contributed by atoms with Gasteiger partial charge in [0.25, 0.3) is 0 Å². The molecule has 2 aromatic heterocycles. The molecular weight excluding hydrogens is 382 g/mol. The summed E-state index contributed by atoms with van der Waals surface area (Å²) in [6.45, 7) is 8.58. The number of anilines is 1. The molecule has 2 aliphatic rings. The molecule has 0 amide bonds. The van der Waals surface area contributed by atoms with Gasteiger partial charge in [0.15, 0.2) is 5.65 Å². The molecule has 156 valence electrons. The number of para-hydroxylation sites is 1. The fourth-order valence-corrected chi connectivity index (χ4v) is 5.26. The van der Waals surface area contributed by atoms with Crippen molar-refractivity contribution in [3.63, 3.8) is 0 Å². The van der Waals surface area contributed by atoms with Crippen molar-refractivity contribution < 1.29 is 0 Å². The third-order valence-corrected chi connectivity index (χ3v) is 6.96. The topological polar surface area (TPSA) is 46.0 Å². The summed E-state index contributed by atoms with van der Waals surface area (Å²) < 4.78 is 1.99. The van der Waals surface area contributed by atoms with Crippen molar-refractivity contribution in [2.24, 2.45) is 0 Å². The second-order valence-electron chi connectivity index (χ2n) is 9.14. The maximum absolute atomic E-state index is 5.18. The first-order chi connectivity index (χ1) is 15.0. The van der Waals surface area contributed by atoms with Gasteiger partial charge in [0.05, 0.1) is 22.4 Å². The Hall–Kier alpha value is -3.18. The Morgan fingerprint density at radius 1 is 1.00 bits per heavy atom. The molecule has 4 aromatic rings. The largest absolute Gasteiger partial charge is 0.352 e. The van der Waals surface area contributed by atoms with Crippen LogP contribution in [-0.4, -0.2) is 31.9 Å². The quantitative estimate of drug-likeness (QED) is 0.479. The lowest BCUT2D eigenvalue weighted by Crippen LogP contribution is -2.50. The van der Waals surface area contributed by atoms with E-state index in [1.807, 2.05) is 22.9 Å². The molecule has 31 heavy (non-hydrogen) atoms. The second-order valence-corrected chi connectivity index (χ2v) is 9.14. The van der Waals surface area contributed by atoms with Crippen molar-refractivity contribution in [3.8, 4) is 16.8 Å². The van der Waals surface area contributed by atoms with Gasteiger partial charge in [0, 0.05) is 24.2 Å². The Morgan fingerprint density at radius 3 is 2.55 bits per heavy atom. The Balaban J connectivity index is 1.68. The van der Waals surface area contributed by atoms with E-state index in [2.05, 4.69) is 67.4 Å². The van der Waals surface area contributed by atoms with E-state index in [0.717, 1.165) is 47.7 Å². The van der Waals surface area contributed by atoms with Gasteiger partial charge in [-0.1, -0.05) is 48.0 Å². The molecule has 1 fully saturated rings. The van der Waals surface area contributed by atoms with Crippen LogP contribution in [0.4, 0.5) is 5.82 Å². The number of rotatable bonds is 2. The molecule has 0 aliphatic carbocycles. The van der Waals surface area contributed by atoms with Gasteiger partial charge < -0.3 is 5.32 Å². The molecule has 6 rings (SSSR count). The van der Waals surface area contributed by atoms with Crippen molar-refractivity contribution in [1.29, 1.82) is 0 Å². The highest BCUT2D eigenvalue weighted by Crippen LogP contribution is 2.44. The predicted molar refractivity (Wildman–Crippen MR) is 125 cm³/mol. The third-order valence-electron chi connectivity index (χ3n) is 6.96. The number of nitrogens with zero attached hydrogens (tertiary/aromatic N) is 4. The fourth-order valence-electron chi connectivity index (χ4n) is 5.26. The summed E-state index contributed by atoms with van der Waals surface area (Å²) in [7, 11) is 0. The smallest absolute Gasteiger partial charge is 0.166 e.